The first-order chi connectivity index (χ1) is 10.4. The molecule has 1 aliphatic rings. The average molecular weight is 326 g/mol. The summed E-state index contributed by atoms with van der Waals surface area (Å²) in [6.07, 6.45) is -0.847. The van der Waals surface area contributed by atoms with Gasteiger partial charge in [-0.2, -0.15) is 4.31 Å². The fourth-order valence-electron chi connectivity index (χ4n) is 2.16. The van der Waals surface area contributed by atoms with Crippen molar-refractivity contribution in [3.63, 3.8) is 0 Å². The lowest BCUT2D eigenvalue weighted by atomic mass is 10.2. The molecule has 1 aromatic rings. The quantitative estimate of drug-likeness (QED) is 0.746. The number of ether oxygens (including phenoxy) is 1. The Bertz CT molecular complexity index is 644. The van der Waals surface area contributed by atoms with Crippen molar-refractivity contribution in [1.29, 1.82) is 0 Å². The molecule has 0 radical (unpaired) electrons. The molecule has 1 aromatic carbocycles. The number of morpholine rings is 1. The van der Waals surface area contributed by atoms with E-state index < -0.39 is 27.7 Å². The zero-order valence-electron chi connectivity index (χ0n) is 12.2. The zero-order chi connectivity index (χ0) is 16.2. The molecule has 1 atom stereocenters. The van der Waals surface area contributed by atoms with Crippen LogP contribution >= 0.6 is 0 Å². The van der Waals surface area contributed by atoms with E-state index in [0.717, 1.165) is 4.31 Å². The number of benzene rings is 1. The monoisotopic (exact) mass is 326 g/mol. The van der Waals surface area contributed by atoms with Gasteiger partial charge in [0.25, 0.3) is 0 Å². The van der Waals surface area contributed by atoms with E-state index in [1.165, 1.54) is 7.05 Å². The summed E-state index contributed by atoms with van der Waals surface area (Å²) in [5, 5.41) is 2.42. The van der Waals surface area contributed by atoms with Crippen LogP contribution in [0.1, 0.15) is 10.4 Å². The van der Waals surface area contributed by atoms with Gasteiger partial charge >= 0.3 is 0 Å². The molecule has 1 N–H and O–H groups in total. The number of sulfonamides is 1. The number of carbonyl (C=O) groups is 2. The summed E-state index contributed by atoms with van der Waals surface area (Å²) in [7, 11) is -2.33. The third-order valence-electron chi connectivity index (χ3n) is 3.37. The number of rotatable bonds is 5. The van der Waals surface area contributed by atoms with Gasteiger partial charge in [-0.15, -0.1) is 0 Å². The van der Waals surface area contributed by atoms with Crippen molar-refractivity contribution >= 4 is 21.7 Å². The van der Waals surface area contributed by atoms with Crippen molar-refractivity contribution in [1.82, 2.24) is 9.62 Å². The van der Waals surface area contributed by atoms with Crippen LogP contribution in [0.5, 0.6) is 0 Å². The number of Topliss-reactive ketones (excluding diaryl/α,β-unsaturated/α-hetero) is 1. The van der Waals surface area contributed by atoms with Crippen LogP contribution < -0.4 is 5.32 Å². The van der Waals surface area contributed by atoms with Crippen LogP contribution in [-0.2, 0) is 19.6 Å². The number of amides is 1. The van der Waals surface area contributed by atoms with Gasteiger partial charge in [0.2, 0.25) is 15.9 Å². The Balaban J connectivity index is 2.06. The maximum absolute atomic E-state index is 12.3. The van der Waals surface area contributed by atoms with Gasteiger partial charge in [0.15, 0.2) is 5.78 Å². The second-order valence-corrected chi connectivity index (χ2v) is 6.85. The average Bonchev–Trinajstić information content (AvgIpc) is 2.54. The Kier molecular flexibility index (Phi) is 5.28. The van der Waals surface area contributed by atoms with Crippen LogP contribution in [0.3, 0.4) is 0 Å². The molecule has 0 aromatic heterocycles. The molecule has 22 heavy (non-hydrogen) atoms. The Hall–Kier alpha value is -1.77. The van der Waals surface area contributed by atoms with E-state index in [1.807, 2.05) is 0 Å². The van der Waals surface area contributed by atoms with E-state index in [2.05, 4.69) is 5.32 Å². The predicted molar refractivity (Wildman–Crippen MR) is 79.9 cm³/mol. The minimum atomic E-state index is -3.78. The van der Waals surface area contributed by atoms with Gasteiger partial charge in [-0.3, -0.25) is 9.59 Å². The normalized spacial score (nSPS) is 19.6. The minimum Gasteiger partial charge on any atom is -0.366 e. The maximum Gasteiger partial charge on any atom is 0.250 e. The fraction of sp³-hybridized carbons (Fsp3) is 0.429. The van der Waals surface area contributed by atoms with Crippen LogP contribution in [0, 0.1) is 0 Å². The molecule has 0 saturated carbocycles. The van der Waals surface area contributed by atoms with Gasteiger partial charge in [-0.1, -0.05) is 30.3 Å². The SMILES string of the molecule is CNC(=O)C1CN(S(=O)(=O)CC(=O)c2ccccc2)CCO1. The molecule has 2 rings (SSSR count). The number of nitrogens with zero attached hydrogens (tertiary/aromatic N) is 1. The highest BCUT2D eigenvalue weighted by Gasteiger charge is 2.33. The maximum atomic E-state index is 12.3. The summed E-state index contributed by atoms with van der Waals surface area (Å²) in [5.41, 5.74) is 0.349. The molecule has 1 unspecified atom stereocenters. The standard InChI is InChI=1S/C14H18N2O5S/c1-15-14(18)13-9-16(7-8-21-13)22(19,20)10-12(17)11-5-3-2-4-6-11/h2-6,13H,7-10H2,1H3,(H,15,18). The van der Waals surface area contributed by atoms with Gasteiger partial charge in [-0.25, -0.2) is 8.42 Å². The predicted octanol–water partition coefficient (Wildman–Crippen LogP) is -0.354. The Morgan fingerprint density at radius 1 is 1.32 bits per heavy atom. The summed E-state index contributed by atoms with van der Waals surface area (Å²) in [6.45, 7) is 0.179. The second kappa shape index (κ2) is 6.99. The molecule has 0 bridgehead atoms. The minimum absolute atomic E-state index is 0.0793. The third-order valence-corrected chi connectivity index (χ3v) is 5.12. The molecule has 120 valence electrons. The summed E-state index contributed by atoms with van der Waals surface area (Å²) in [4.78, 5) is 23.6. The molecule has 1 saturated heterocycles. The highest BCUT2D eigenvalue weighted by atomic mass is 32.2. The lowest BCUT2D eigenvalue weighted by molar-refractivity contribution is -0.135. The smallest absolute Gasteiger partial charge is 0.250 e. The largest absolute Gasteiger partial charge is 0.366 e. The number of likely N-dealkylation sites (N-methyl/N-ethyl adjacent to an activating group) is 1. The van der Waals surface area contributed by atoms with Gasteiger partial charge in [-0.05, 0) is 0 Å². The summed E-state index contributed by atoms with van der Waals surface area (Å²) >= 11 is 0. The van der Waals surface area contributed by atoms with E-state index in [0.29, 0.717) is 5.56 Å². The molecule has 8 heteroatoms. The Labute approximate surface area is 129 Å². The molecular weight excluding hydrogens is 308 g/mol. The highest BCUT2D eigenvalue weighted by molar-refractivity contribution is 7.89. The molecule has 1 fully saturated rings. The second-order valence-electron chi connectivity index (χ2n) is 4.88. The van der Waals surface area contributed by atoms with Crippen LogP contribution in [0.4, 0.5) is 0 Å². The van der Waals surface area contributed by atoms with Crippen molar-refractivity contribution in [3.05, 3.63) is 35.9 Å². The van der Waals surface area contributed by atoms with Gasteiger partial charge in [0.1, 0.15) is 11.9 Å². The Morgan fingerprint density at radius 2 is 2.00 bits per heavy atom. The van der Waals surface area contributed by atoms with Crippen molar-refractivity contribution in [2.45, 2.75) is 6.10 Å². The summed E-state index contributed by atoms with van der Waals surface area (Å²) < 4.78 is 31.1. The number of nitrogens with one attached hydrogen (secondary N) is 1. The molecule has 1 amide bonds. The van der Waals surface area contributed by atoms with E-state index in [1.54, 1.807) is 30.3 Å². The number of hydrogen-bond donors (Lipinski definition) is 1. The summed E-state index contributed by atoms with van der Waals surface area (Å²) in [6, 6.07) is 8.25. The highest BCUT2D eigenvalue weighted by Crippen LogP contribution is 2.12. The third kappa shape index (κ3) is 3.90. The first-order valence-corrected chi connectivity index (χ1v) is 8.44. The Morgan fingerprint density at radius 3 is 2.64 bits per heavy atom. The van der Waals surface area contributed by atoms with E-state index in [9.17, 15) is 18.0 Å². The van der Waals surface area contributed by atoms with Crippen molar-refractivity contribution in [3.8, 4) is 0 Å². The topological polar surface area (TPSA) is 92.8 Å². The van der Waals surface area contributed by atoms with Crippen LogP contribution in [0.2, 0.25) is 0 Å². The molecule has 1 aliphatic heterocycles. The zero-order valence-corrected chi connectivity index (χ0v) is 13.0. The lowest BCUT2D eigenvalue weighted by Crippen LogP contribution is -2.51. The summed E-state index contributed by atoms with van der Waals surface area (Å²) in [5.74, 6) is -1.46. The van der Waals surface area contributed by atoms with Crippen molar-refractivity contribution in [2.75, 3.05) is 32.5 Å². The van der Waals surface area contributed by atoms with Crippen molar-refractivity contribution in [2.24, 2.45) is 0 Å². The lowest BCUT2D eigenvalue weighted by Gasteiger charge is -2.30. The van der Waals surface area contributed by atoms with Crippen LogP contribution in [0.15, 0.2) is 30.3 Å². The molecule has 0 spiro atoms. The van der Waals surface area contributed by atoms with Gasteiger partial charge in [0, 0.05) is 25.7 Å². The molecule has 7 nitrogen and oxygen atoms in total. The fourth-order valence-corrected chi connectivity index (χ4v) is 3.56. The van der Waals surface area contributed by atoms with Crippen LogP contribution in [-0.4, -0.2) is 63.0 Å². The van der Waals surface area contributed by atoms with Gasteiger partial charge < -0.3 is 10.1 Å². The van der Waals surface area contributed by atoms with E-state index in [-0.39, 0.29) is 25.6 Å². The first kappa shape index (κ1) is 16.6. The number of ketones is 1. The molecular formula is C14H18N2O5S. The molecule has 0 aliphatic carbocycles. The van der Waals surface area contributed by atoms with Crippen molar-refractivity contribution < 1.29 is 22.7 Å². The van der Waals surface area contributed by atoms with E-state index in [4.69, 9.17) is 4.74 Å². The first-order valence-electron chi connectivity index (χ1n) is 6.83. The van der Waals surface area contributed by atoms with E-state index >= 15 is 0 Å². The van der Waals surface area contributed by atoms with Crippen LogP contribution in [0.25, 0.3) is 0 Å². The number of hydrogen-bond acceptors (Lipinski definition) is 5. The van der Waals surface area contributed by atoms with Gasteiger partial charge in [0.05, 0.1) is 6.61 Å². The molecule has 1 heterocycles. The number of carbonyl (C=O) groups excluding carboxylic acids is 2.